The lowest BCUT2D eigenvalue weighted by atomic mass is 9.92. The summed E-state index contributed by atoms with van der Waals surface area (Å²) in [6.07, 6.45) is 4.98. The summed E-state index contributed by atoms with van der Waals surface area (Å²) in [6, 6.07) is 8.37. The van der Waals surface area contributed by atoms with Crippen molar-refractivity contribution in [2.24, 2.45) is 5.92 Å². The summed E-state index contributed by atoms with van der Waals surface area (Å²) < 4.78 is 0. The minimum Gasteiger partial charge on any atom is -0.396 e. The highest BCUT2D eigenvalue weighted by molar-refractivity contribution is 6.30. The van der Waals surface area contributed by atoms with E-state index in [9.17, 15) is 5.11 Å². The molecular formula is C16H22ClNO. The average Bonchev–Trinajstić information content (AvgIpc) is 3.20. The molecule has 3 rings (SSSR count). The molecule has 1 aliphatic carbocycles. The van der Waals surface area contributed by atoms with Crippen LogP contribution in [0.15, 0.2) is 24.3 Å². The van der Waals surface area contributed by atoms with Crippen LogP contribution in [-0.4, -0.2) is 36.2 Å². The SMILES string of the molecule is OCC1CCCN(CC2(c3ccc(Cl)cc3)CC2)C1. The molecule has 2 nitrogen and oxygen atoms in total. The smallest absolute Gasteiger partial charge is 0.0471 e. The van der Waals surface area contributed by atoms with E-state index in [2.05, 4.69) is 17.0 Å². The molecule has 0 spiro atoms. The fourth-order valence-electron chi connectivity index (χ4n) is 3.36. The van der Waals surface area contributed by atoms with Gasteiger partial charge in [-0.3, -0.25) is 0 Å². The van der Waals surface area contributed by atoms with Crippen LogP contribution >= 0.6 is 11.6 Å². The molecule has 104 valence electrons. The van der Waals surface area contributed by atoms with Crippen LogP contribution in [0.5, 0.6) is 0 Å². The van der Waals surface area contributed by atoms with Crippen LogP contribution in [0.1, 0.15) is 31.2 Å². The van der Waals surface area contributed by atoms with Crippen molar-refractivity contribution in [2.45, 2.75) is 31.1 Å². The average molecular weight is 280 g/mol. The van der Waals surface area contributed by atoms with Crippen LogP contribution in [0.2, 0.25) is 5.02 Å². The zero-order valence-electron chi connectivity index (χ0n) is 11.3. The monoisotopic (exact) mass is 279 g/mol. The van der Waals surface area contributed by atoms with Gasteiger partial charge < -0.3 is 10.0 Å². The van der Waals surface area contributed by atoms with Gasteiger partial charge in [-0.05, 0) is 55.8 Å². The zero-order chi connectivity index (χ0) is 13.3. The highest BCUT2D eigenvalue weighted by Gasteiger charge is 2.45. The van der Waals surface area contributed by atoms with Crippen molar-refractivity contribution in [2.75, 3.05) is 26.2 Å². The quantitative estimate of drug-likeness (QED) is 0.916. The third-order valence-corrected chi connectivity index (χ3v) is 4.95. The lowest BCUT2D eigenvalue weighted by Crippen LogP contribution is -2.41. The fraction of sp³-hybridized carbons (Fsp3) is 0.625. The Morgan fingerprint density at radius 2 is 2.00 bits per heavy atom. The third-order valence-electron chi connectivity index (χ3n) is 4.70. The predicted molar refractivity (Wildman–Crippen MR) is 78.6 cm³/mol. The summed E-state index contributed by atoms with van der Waals surface area (Å²) in [7, 11) is 0. The van der Waals surface area contributed by atoms with Gasteiger partial charge >= 0.3 is 0 Å². The molecule has 1 heterocycles. The van der Waals surface area contributed by atoms with Gasteiger partial charge in [-0.15, -0.1) is 0 Å². The van der Waals surface area contributed by atoms with Gasteiger partial charge in [-0.1, -0.05) is 23.7 Å². The minimum atomic E-state index is 0.338. The molecule has 0 aromatic heterocycles. The van der Waals surface area contributed by atoms with Crippen LogP contribution < -0.4 is 0 Å². The molecule has 1 saturated heterocycles. The Kier molecular flexibility index (Phi) is 3.84. The number of rotatable bonds is 4. The maximum Gasteiger partial charge on any atom is 0.0471 e. The second-order valence-electron chi connectivity index (χ2n) is 6.21. The molecule has 1 atom stereocenters. The molecule has 2 aliphatic rings. The summed E-state index contributed by atoms with van der Waals surface area (Å²) in [5.74, 6) is 0.481. The molecule has 2 fully saturated rings. The van der Waals surface area contributed by atoms with E-state index in [0.717, 1.165) is 18.1 Å². The first-order valence-electron chi connectivity index (χ1n) is 7.31. The highest BCUT2D eigenvalue weighted by Crippen LogP contribution is 2.49. The normalized spacial score (nSPS) is 26.3. The number of aliphatic hydroxyl groups is 1. The van der Waals surface area contributed by atoms with Gasteiger partial charge in [0.15, 0.2) is 0 Å². The molecule has 1 aromatic carbocycles. The van der Waals surface area contributed by atoms with Crippen molar-refractivity contribution in [3.05, 3.63) is 34.9 Å². The van der Waals surface area contributed by atoms with Gasteiger partial charge in [0.1, 0.15) is 0 Å². The molecule has 1 aromatic rings. The molecule has 1 N–H and O–H groups in total. The van der Waals surface area contributed by atoms with Gasteiger partial charge in [-0.25, -0.2) is 0 Å². The highest BCUT2D eigenvalue weighted by atomic mass is 35.5. The Morgan fingerprint density at radius 1 is 1.26 bits per heavy atom. The maximum atomic E-state index is 9.33. The lowest BCUT2D eigenvalue weighted by Gasteiger charge is -2.34. The fourth-order valence-corrected chi connectivity index (χ4v) is 3.49. The maximum absolute atomic E-state index is 9.33. The van der Waals surface area contributed by atoms with E-state index < -0.39 is 0 Å². The number of halogens is 1. The number of piperidine rings is 1. The summed E-state index contributed by atoms with van der Waals surface area (Å²) >= 11 is 5.97. The van der Waals surface area contributed by atoms with Crippen LogP contribution in [0, 0.1) is 5.92 Å². The Balaban J connectivity index is 1.67. The van der Waals surface area contributed by atoms with Crippen LogP contribution in [-0.2, 0) is 5.41 Å². The molecular weight excluding hydrogens is 258 g/mol. The summed E-state index contributed by atoms with van der Waals surface area (Å²) in [5.41, 5.74) is 1.80. The van der Waals surface area contributed by atoms with Crippen LogP contribution in [0.3, 0.4) is 0 Å². The molecule has 0 bridgehead atoms. The zero-order valence-corrected chi connectivity index (χ0v) is 12.1. The Morgan fingerprint density at radius 3 is 2.63 bits per heavy atom. The molecule has 1 unspecified atom stereocenters. The van der Waals surface area contributed by atoms with Gasteiger partial charge in [0.05, 0.1) is 0 Å². The molecule has 0 amide bonds. The summed E-state index contributed by atoms with van der Waals surface area (Å²) in [6.45, 7) is 3.73. The van der Waals surface area contributed by atoms with Crippen molar-refractivity contribution in [1.82, 2.24) is 4.90 Å². The standard InChI is InChI=1S/C16H22ClNO/c17-15-5-3-14(4-6-15)16(7-8-16)12-18-9-1-2-13(10-18)11-19/h3-6,13,19H,1-2,7-12H2. The Labute approximate surface area is 120 Å². The van der Waals surface area contributed by atoms with Crippen molar-refractivity contribution in [3.8, 4) is 0 Å². The first-order valence-corrected chi connectivity index (χ1v) is 7.69. The largest absolute Gasteiger partial charge is 0.396 e. The van der Waals surface area contributed by atoms with Crippen molar-refractivity contribution in [1.29, 1.82) is 0 Å². The number of aliphatic hydroxyl groups excluding tert-OH is 1. The Bertz CT molecular complexity index is 427. The van der Waals surface area contributed by atoms with Crippen molar-refractivity contribution in [3.63, 3.8) is 0 Å². The van der Waals surface area contributed by atoms with Crippen molar-refractivity contribution >= 4 is 11.6 Å². The summed E-state index contributed by atoms with van der Waals surface area (Å²) in [4.78, 5) is 2.55. The predicted octanol–water partition coefficient (Wildman–Crippen LogP) is 3.08. The first kappa shape index (κ1) is 13.4. The van der Waals surface area contributed by atoms with E-state index in [0.29, 0.717) is 17.9 Å². The number of hydrogen-bond donors (Lipinski definition) is 1. The molecule has 3 heteroatoms. The van der Waals surface area contributed by atoms with Crippen molar-refractivity contribution < 1.29 is 5.11 Å². The van der Waals surface area contributed by atoms with E-state index in [1.54, 1.807) is 0 Å². The number of benzene rings is 1. The molecule has 1 saturated carbocycles. The van der Waals surface area contributed by atoms with Crippen LogP contribution in [0.4, 0.5) is 0 Å². The van der Waals surface area contributed by atoms with Crippen LogP contribution in [0.25, 0.3) is 0 Å². The molecule has 1 aliphatic heterocycles. The number of hydrogen-bond acceptors (Lipinski definition) is 2. The van der Waals surface area contributed by atoms with E-state index in [-0.39, 0.29) is 0 Å². The van der Waals surface area contributed by atoms with E-state index >= 15 is 0 Å². The van der Waals surface area contributed by atoms with Gasteiger partial charge in [-0.2, -0.15) is 0 Å². The third kappa shape index (κ3) is 2.96. The van der Waals surface area contributed by atoms with Gasteiger partial charge in [0, 0.05) is 30.1 Å². The minimum absolute atomic E-state index is 0.338. The van der Waals surface area contributed by atoms with E-state index in [1.807, 2.05) is 12.1 Å². The lowest BCUT2D eigenvalue weighted by molar-refractivity contribution is 0.113. The number of likely N-dealkylation sites (tertiary alicyclic amines) is 1. The van der Waals surface area contributed by atoms with E-state index in [1.165, 1.54) is 37.8 Å². The first-order chi connectivity index (χ1) is 9.22. The second-order valence-corrected chi connectivity index (χ2v) is 6.65. The molecule has 19 heavy (non-hydrogen) atoms. The molecule has 0 radical (unpaired) electrons. The Hall–Kier alpha value is -0.570. The number of nitrogens with zero attached hydrogens (tertiary/aromatic N) is 1. The topological polar surface area (TPSA) is 23.5 Å². The van der Waals surface area contributed by atoms with Gasteiger partial charge in [0.25, 0.3) is 0 Å². The van der Waals surface area contributed by atoms with E-state index in [4.69, 9.17) is 11.6 Å². The summed E-state index contributed by atoms with van der Waals surface area (Å²) in [5, 5.41) is 10.1. The van der Waals surface area contributed by atoms with Gasteiger partial charge in [0.2, 0.25) is 0 Å². The second kappa shape index (κ2) is 5.43.